The Morgan fingerprint density at radius 2 is 1.38 bits per heavy atom. The molecule has 0 atom stereocenters. The fourth-order valence-corrected chi connectivity index (χ4v) is 7.59. The molecular formula is C12H16Ge. The van der Waals surface area contributed by atoms with Crippen LogP contribution in [0.5, 0.6) is 0 Å². The van der Waals surface area contributed by atoms with E-state index in [1.165, 1.54) is 0 Å². The third kappa shape index (κ3) is 1.60. The molecule has 0 saturated carbocycles. The topological polar surface area (TPSA) is 0 Å². The van der Waals surface area contributed by atoms with Gasteiger partial charge in [0.1, 0.15) is 0 Å². The molecule has 1 heteroatoms. The fourth-order valence-electron chi connectivity index (χ4n) is 2.01. The summed E-state index contributed by atoms with van der Waals surface area (Å²) in [5, 5.41) is 0. The van der Waals surface area contributed by atoms with Crippen molar-refractivity contribution in [3.05, 3.63) is 45.3 Å². The second-order valence-electron chi connectivity index (χ2n) is 4.22. The molecule has 0 aromatic heterocycles. The first kappa shape index (κ1) is 9.07. The van der Waals surface area contributed by atoms with E-state index in [2.05, 4.69) is 48.0 Å². The van der Waals surface area contributed by atoms with Crippen molar-refractivity contribution in [2.24, 2.45) is 0 Å². The van der Waals surface area contributed by atoms with Crippen molar-refractivity contribution >= 4 is 13.3 Å². The summed E-state index contributed by atoms with van der Waals surface area (Å²) in [5.74, 6) is 4.98. The van der Waals surface area contributed by atoms with Crippen molar-refractivity contribution in [2.75, 3.05) is 0 Å². The van der Waals surface area contributed by atoms with Crippen LogP contribution in [0.2, 0.25) is 11.5 Å². The Hall–Kier alpha value is -0.497. The van der Waals surface area contributed by atoms with Crippen molar-refractivity contribution in [3.8, 4) is 0 Å². The van der Waals surface area contributed by atoms with Crippen molar-refractivity contribution in [1.29, 1.82) is 0 Å². The molecule has 68 valence electrons. The minimum atomic E-state index is -1.81. The van der Waals surface area contributed by atoms with E-state index in [0.717, 1.165) is 12.8 Å². The fraction of sp³-hybridized carbons (Fsp3) is 0.333. The Labute approximate surface area is 83.1 Å². The number of allylic oxidation sites excluding steroid dienone is 8. The first-order chi connectivity index (χ1) is 6.21. The molecule has 0 aromatic carbocycles. The molecule has 0 N–H and O–H groups in total. The average Bonchev–Trinajstić information content (AvgIpc) is 2.78. The Morgan fingerprint density at radius 1 is 0.923 bits per heavy atom. The number of hydrogen-bond acceptors (Lipinski definition) is 0. The van der Waals surface area contributed by atoms with Crippen LogP contribution < -0.4 is 0 Å². The molecule has 0 bridgehead atoms. The van der Waals surface area contributed by atoms with Gasteiger partial charge in [0.25, 0.3) is 0 Å². The SMILES string of the molecule is [CH3][Ge]([CH3])([C]1=CCC=C1)[C]1=CCC=C1. The van der Waals surface area contributed by atoms with Gasteiger partial charge in [-0.2, -0.15) is 0 Å². The zero-order chi connectivity index (χ0) is 9.31. The summed E-state index contributed by atoms with van der Waals surface area (Å²) < 4.78 is 3.30. The van der Waals surface area contributed by atoms with E-state index >= 15 is 0 Å². The van der Waals surface area contributed by atoms with Gasteiger partial charge in [0.2, 0.25) is 0 Å². The van der Waals surface area contributed by atoms with Crippen LogP contribution in [0.3, 0.4) is 0 Å². The van der Waals surface area contributed by atoms with E-state index in [0.29, 0.717) is 0 Å². The Kier molecular flexibility index (Phi) is 2.33. The summed E-state index contributed by atoms with van der Waals surface area (Å²) in [6.07, 6.45) is 16.4. The van der Waals surface area contributed by atoms with Gasteiger partial charge in [-0.05, 0) is 0 Å². The van der Waals surface area contributed by atoms with Crippen molar-refractivity contribution in [1.82, 2.24) is 0 Å². The third-order valence-electron chi connectivity index (χ3n) is 2.99. The Bertz CT molecular complexity index is 295. The molecule has 0 amide bonds. The van der Waals surface area contributed by atoms with Crippen LogP contribution in [0.25, 0.3) is 0 Å². The molecule has 0 radical (unpaired) electrons. The third-order valence-corrected chi connectivity index (χ3v) is 10.6. The summed E-state index contributed by atoms with van der Waals surface area (Å²) in [6, 6.07) is 0. The van der Waals surface area contributed by atoms with Crippen LogP contribution in [0.15, 0.2) is 45.3 Å². The van der Waals surface area contributed by atoms with E-state index in [-0.39, 0.29) is 0 Å². The molecule has 2 aliphatic carbocycles. The second-order valence-corrected chi connectivity index (χ2v) is 13.5. The normalized spacial score (nSPS) is 20.8. The first-order valence-electron chi connectivity index (χ1n) is 4.95. The molecule has 2 rings (SSSR count). The predicted molar refractivity (Wildman–Crippen MR) is 61.2 cm³/mol. The van der Waals surface area contributed by atoms with Crippen LogP contribution in [-0.2, 0) is 0 Å². The maximum atomic E-state index is 2.49. The Morgan fingerprint density at radius 3 is 1.69 bits per heavy atom. The van der Waals surface area contributed by atoms with E-state index in [1.54, 1.807) is 8.81 Å². The molecule has 0 unspecified atom stereocenters. The monoisotopic (exact) mass is 234 g/mol. The van der Waals surface area contributed by atoms with Gasteiger partial charge in [-0.3, -0.25) is 0 Å². The summed E-state index contributed by atoms with van der Waals surface area (Å²) in [4.78, 5) is 0. The molecule has 0 aliphatic heterocycles. The quantitative estimate of drug-likeness (QED) is 0.639. The van der Waals surface area contributed by atoms with Crippen LogP contribution >= 0.6 is 0 Å². The van der Waals surface area contributed by atoms with Gasteiger partial charge in [0, 0.05) is 0 Å². The standard InChI is InChI=1S/C12H16Ge/c1-13(2,11-7-3-4-8-11)12-9-5-6-10-12/h3,5,7-10H,4,6H2,1-2H3. The van der Waals surface area contributed by atoms with Crippen LogP contribution in [-0.4, -0.2) is 13.3 Å². The molecule has 0 saturated heterocycles. The van der Waals surface area contributed by atoms with Crippen molar-refractivity contribution < 1.29 is 0 Å². The van der Waals surface area contributed by atoms with E-state index in [4.69, 9.17) is 0 Å². The molecule has 0 aromatic rings. The van der Waals surface area contributed by atoms with Crippen LogP contribution in [0.4, 0.5) is 0 Å². The minimum absolute atomic E-state index is 1.15. The van der Waals surface area contributed by atoms with Gasteiger partial charge in [0.05, 0.1) is 0 Å². The summed E-state index contributed by atoms with van der Waals surface area (Å²) in [7, 11) is 0. The van der Waals surface area contributed by atoms with Crippen molar-refractivity contribution in [2.45, 2.75) is 24.4 Å². The van der Waals surface area contributed by atoms with Gasteiger partial charge in [-0.25, -0.2) is 0 Å². The van der Waals surface area contributed by atoms with E-state index in [9.17, 15) is 0 Å². The summed E-state index contributed by atoms with van der Waals surface area (Å²) in [5.41, 5.74) is 0. The average molecular weight is 233 g/mol. The van der Waals surface area contributed by atoms with Crippen molar-refractivity contribution in [3.63, 3.8) is 0 Å². The second kappa shape index (κ2) is 3.34. The molecule has 2 aliphatic rings. The van der Waals surface area contributed by atoms with E-state index in [1.807, 2.05) is 0 Å². The van der Waals surface area contributed by atoms with Gasteiger partial charge >= 0.3 is 82.9 Å². The van der Waals surface area contributed by atoms with Crippen LogP contribution in [0.1, 0.15) is 12.8 Å². The molecular weight excluding hydrogens is 217 g/mol. The predicted octanol–water partition coefficient (Wildman–Crippen LogP) is 3.55. The molecule has 13 heavy (non-hydrogen) atoms. The first-order valence-corrected chi connectivity index (χ1v) is 11.2. The van der Waals surface area contributed by atoms with Crippen LogP contribution in [0, 0.1) is 0 Å². The number of rotatable bonds is 2. The molecule has 0 heterocycles. The summed E-state index contributed by atoms with van der Waals surface area (Å²) in [6.45, 7) is 0. The molecule has 0 spiro atoms. The van der Waals surface area contributed by atoms with Gasteiger partial charge in [-0.15, -0.1) is 0 Å². The molecule has 0 nitrogen and oxygen atoms in total. The van der Waals surface area contributed by atoms with E-state index < -0.39 is 13.3 Å². The maximum absolute atomic E-state index is 2.49. The zero-order valence-electron chi connectivity index (χ0n) is 8.38. The van der Waals surface area contributed by atoms with Gasteiger partial charge < -0.3 is 0 Å². The van der Waals surface area contributed by atoms with Gasteiger partial charge in [0.15, 0.2) is 0 Å². The Balaban J connectivity index is 2.29. The summed E-state index contributed by atoms with van der Waals surface area (Å²) >= 11 is -1.81. The molecule has 0 fully saturated rings. The zero-order valence-corrected chi connectivity index (χ0v) is 10.5. The number of hydrogen-bond donors (Lipinski definition) is 0. The van der Waals surface area contributed by atoms with Gasteiger partial charge in [-0.1, -0.05) is 0 Å².